The summed E-state index contributed by atoms with van der Waals surface area (Å²) in [5.74, 6) is 0.0291. The van der Waals surface area contributed by atoms with E-state index in [-0.39, 0.29) is 11.8 Å². The van der Waals surface area contributed by atoms with Crippen molar-refractivity contribution in [1.82, 2.24) is 10.3 Å². The number of amides is 2. The number of nitrogens with zero attached hydrogens (tertiary/aromatic N) is 2. The molecule has 0 bridgehead atoms. The van der Waals surface area contributed by atoms with Gasteiger partial charge in [-0.05, 0) is 43.2 Å². The lowest BCUT2D eigenvalue weighted by molar-refractivity contribution is -0.117. The van der Waals surface area contributed by atoms with Crippen molar-refractivity contribution in [1.29, 1.82) is 0 Å². The number of pyridine rings is 1. The summed E-state index contributed by atoms with van der Waals surface area (Å²) < 4.78 is 0. The van der Waals surface area contributed by atoms with Gasteiger partial charge in [-0.3, -0.25) is 14.6 Å². The predicted molar refractivity (Wildman–Crippen MR) is 114 cm³/mol. The highest BCUT2D eigenvalue weighted by Crippen LogP contribution is 2.22. The van der Waals surface area contributed by atoms with E-state index in [1.165, 1.54) is 0 Å². The lowest BCUT2D eigenvalue weighted by Crippen LogP contribution is -2.25. The molecule has 0 atom stereocenters. The van der Waals surface area contributed by atoms with Gasteiger partial charge < -0.3 is 10.2 Å². The molecule has 0 radical (unpaired) electrons. The topological polar surface area (TPSA) is 62.3 Å². The first-order valence-electron chi connectivity index (χ1n) is 9.82. The van der Waals surface area contributed by atoms with Crippen LogP contribution in [-0.4, -0.2) is 23.3 Å². The van der Waals surface area contributed by atoms with E-state index in [2.05, 4.69) is 10.3 Å². The average molecular weight is 385 g/mol. The van der Waals surface area contributed by atoms with Crippen LogP contribution in [0.5, 0.6) is 0 Å². The highest BCUT2D eigenvalue weighted by atomic mass is 16.2. The maximum absolute atomic E-state index is 12.6. The van der Waals surface area contributed by atoms with E-state index in [0.717, 1.165) is 35.5 Å². The van der Waals surface area contributed by atoms with Gasteiger partial charge in [0.1, 0.15) is 0 Å². The number of hydrogen-bond donors (Lipinski definition) is 1. The van der Waals surface area contributed by atoms with Crippen molar-refractivity contribution in [2.45, 2.75) is 26.3 Å². The Labute approximate surface area is 170 Å². The maximum atomic E-state index is 12.6. The van der Waals surface area contributed by atoms with Gasteiger partial charge in [0.25, 0.3) is 5.91 Å². The van der Waals surface area contributed by atoms with Gasteiger partial charge in [0.2, 0.25) is 5.91 Å². The first-order valence-corrected chi connectivity index (χ1v) is 9.82. The van der Waals surface area contributed by atoms with Crippen LogP contribution < -0.4 is 10.2 Å². The Morgan fingerprint density at radius 2 is 1.79 bits per heavy atom. The summed E-state index contributed by atoms with van der Waals surface area (Å²) in [7, 11) is 0. The van der Waals surface area contributed by atoms with E-state index in [0.29, 0.717) is 24.2 Å². The van der Waals surface area contributed by atoms with Gasteiger partial charge in [-0.25, -0.2) is 0 Å². The highest BCUT2D eigenvalue weighted by molar-refractivity contribution is 5.96. The summed E-state index contributed by atoms with van der Waals surface area (Å²) in [5.41, 5.74) is 5.06. The quantitative estimate of drug-likeness (QED) is 0.719. The Hall–Kier alpha value is -3.47. The monoisotopic (exact) mass is 385 g/mol. The zero-order chi connectivity index (χ0) is 20.2. The van der Waals surface area contributed by atoms with Crippen molar-refractivity contribution < 1.29 is 9.59 Å². The van der Waals surface area contributed by atoms with Crippen LogP contribution in [0.25, 0.3) is 11.3 Å². The molecule has 4 rings (SSSR count). The molecule has 1 aliphatic heterocycles. The minimum absolute atomic E-state index is 0.145. The zero-order valence-corrected chi connectivity index (χ0v) is 16.4. The van der Waals surface area contributed by atoms with Crippen LogP contribution in [0.4, 0.5) is 5.69 Å². The number of aromatic nitrogens is 1. The van der Waals surface area contributed by atoms with Crippen LogP contribution in [0.3, 0.4) is 0 Å². The minimum Gasteiger partial charge on any atom is -0.348 e. The van der Waals surface area contributed by atoms with Crippen molar-refractivity contribution in [3.63, 3.8) is 0 Å². The van der Waals surface area contributed by atoms with Crippen LogP contribution >= 0.6 is 0 Å². The van der Waals surface area contributed by atoms with Crippen LogP contribution in [0, 0.1) is 6.92 Å². The van der Waals surface area contributed by atoms with E-state index >= 15 is 0 Å². The molecule has 146 valence electrons. The van der Waals surface area contributed by atoms with Gasteiger partial charge in [0.15, 0.2) is 0 Å². The Morgan fingerprint density at radius 3 is 2.45 bits per heavy atom. The number of carbonyl (C=O) groups is 2. The van der Waals surface area contributed by atoms with Crippen LogP contribution in [0.1, 0.15) is 34.5 Å². The second-order valence-corrected chi connectivity index (χ2v) is 7.19. The first-order chi connectivity index (χ1) is 14.1. The molecule has 2 amide bonds. The fourth-order valence-electron chi connectivity index (χ4n) is 3.56. The van der Waals surface area contributed by atoms with Crippen LogP contribution in [-0.2, 0) is 11.3 Å². The molecule has 2 heterocycles. The average Bonchev–Trinajstić information content (AvgIpc) is 3.19. The predicted octanol–water partition coefficient (Wildman–Crippen LogP) is 4.11. The molecule has 1 saturated heterocycles. The summed E-state index contributed by atoms with van der Waals surface area (Å²) in [6.07, 6.45) is 1.53. The molecule has 1 aromatic heterocycles. The Kier molecular flexibility index (Phi) is 5.38. The molecule has 29 heavy (non-hydrogen) atoms. The molecular weight excluding hydrogens is 362 g/mol. The van der Waals surface area contributed by atoms with Crippen molar-refractivity contribution in [3.8, 4) is 11.3 Å². The Balaban J connectivity index is 1.40. The number of nitrogens with one attached hydrogen (secondary N) is 1. The molecule has 0 unspecified atom stereocenters. The number of aryl methyl sites for hydroxylation is 1. The fourth-order valence-corrected chi connectivity index (χ4v) is 3.56. The minimum atomic E-state index is -0.145. The lowest BCUT2D eigenvalue weighted by Gasteiger charge is -2.16. The fraction of sp³-hybridized carbons (Fsp3) is 0.208. The first kappa shape index (κ1) is 18.9. The number of hydrogen-bond acceptors (Lipinski definition) is 3. The maximum Gasteiger partial charge on any atom is 0.253 e. The second-order valence-electron chi connectivity index (χ2n) is 7.19. The third-order valence-electron chi connectivity index (χ3n) is 5.17. The molecule has 1 N–H and O–H groups in total. The Bertz CT molecular complexity index is 1030. The number of benzene rings is 2. The number of carbonyl (C=O) groups excluding carboxylic acids is 2. The van der Waals surface area contributed by atoms with Crippen LogP contribution in [0.2, 0.25) is 0 Å². The largest absolute Gasteiger partial charge is 0.348 e. The van der Waals surface area contributed by atoms with E-state index < -0.39 is 0 Å². The molecule has 1 fully saturated rings. The van der Waals surface area contributed by atoms with Gasteiger partial charge in [-0.15, -0.1) is 0 Å². The molecule has 0 saturated carbocycles. The van der Waals surface area contributed by atoms with E-state index in [9.17, 15) is 9.59 Å². The standard InChI is InChI=1S/C24H23N3O2/c1-17-21(13-14-22(26-17)19-6-3-2-4-7-19)24(29)25-16-18-9-11-20(12-10-18)27-15-5-8-23(27)28/h2-4,6-7,9-14H,5,8,15-16H2,1H3,(H,25,29). The van der Waals surface area contributed by atoms with Crippen molar-refractivity contribution >= 4 is 17.5 Å². The summed E-state index contributed by atoms with van der Waals surface area (Å²) in [6, 6.07) is 21.4. The molecule has 5 nitrogen and oxygen atoms in total. The van der Waals surface area contributed by atoms with Crippen molar-refractivity contribution in [3.05, 3.63) is 83.6 Å². The lowest BCUT2D eigenvalue weighted by atomic mass is 10.1. The number of rotatable bonds is 5. The third kappa shape index (κ3) is 4.19. The van der Waals surface area contributed by atoms with Crippen molar-refractivity contribution in [2.24, 2.45) is 0 Å². The zero-order valence-electron chi connectivity index (χ0n) is 16.4. The normalized spacial score (nSPS) is 13.6. The molecule has 3 aromatic rings. The van der Waals surface area contributed by atoms with E-state index in [4.69, 9.17) is 0 Å². The molecule has 5 heteroatoms. The summed E-state index contributed by atoms with van der Waals surface area (Å²) in [5, 5.41) is 2.95. The highest BCUT2D eigenvalue weighted by Gasteiger charge is 2.21. The van der Waals surface area contributed by atoms with E-state index in [1.807, 2.05) is 78.6 Å². The summed E-state index contributed by atoms with van der Waals surface area (Å²) >= 11 is 0. The van der Waals surface area contributed by atoms with E-state index in [1.54, 1.807) is 0 Å². The van der Waals surface area contributed by atoms with Gasteiger partial charge in [0.05, 0.1) is 17.0 Å². The Morgan fingerprint density at radius 1 is 1.03 bits per heavy atom. The second kappa shape index (κ2) is 8.27. The van der Waals surface area contributed by atoms with Gasteiger partial charge in [-0.2, -0.15) is 0 Å². The SMILES string of the molecule is Cc1nc(-c2ccccc2)ccc1C(=O)NCc1ccc(N2CCCC2=O)cc1. The molecule has 2 aromatic carbocycles. The smallest absolute Gasteiger partial charge is 0.253 e. The summed E-state index contributed by atoms with van der Waals surface area (Å²) in [6.45, 7) is 3.05. The van der Waals surface area contributed by atoms with Crippen LogP contribution in [0.15, 0.2) is 66.7 Å². The third-order valence-corrected chi connectivity index (χ3v) is 5.17. The van der Waals surface area contributed by atoms with Crippen molar-refractivity contribution in [2.75, 3.05) is 11.4 Å². The molecule has 1 aliphatic rings. The number of anilines is 1. The molecule has 0 aliphatic carbocycles. The van der Waals surface area contributed by atoms with Gasteiger partial charge in [0, 0.05) is 30.8 Å². The molecular formula is C24H23N3O2. The molecule has 0 spiro atoms. The van der Waals surface area contributed by atoms with Gasteiger partial charge >= 0.3 is 0 Å². The summed E-state index contributed by atoms with van der Waals surface area (Å²) in [4.78, 5) is 30.8. The van der Waals surface area contributed by atoms with Gasteiger partial charge in [-0.1, -0.05) is 42.5 Å².